The van der Waals surface area contributed by atoms with Crippen molar-refractivity contribution in [2.75, 3.05) is 31.5 Å². The van der Waals surface area contributed by atoms with Crippen LogP contribution in [0, 0.1) is 5.41 Å². The summed E-state index contributed by atoms with van der Waals surface area (Å²) in [4.78, 5) is 40.0. The Morgan fingerprint density at radius 2 is 1.67 bits per heavy atom. The molecule has 1 fully saturated rings. The Kier molecular flexibility index (Phi) is 4.07. The van der Waals surface area contributed by atoms with E-state index in [0.29, 0.717) is 38.2 Å². The van der Waals surface area contributed by atoms with Crippen LogP contribution in [0.1, 0.15) is 36.7 Å². The molecule has 1 saturated heterocycles. The number of fused-ring (bicyclic) bond motifs is 1. The number of piperazine rings is 1. The molecule has 6 heteroatoms. The van der Waals surface area contributed by atoms with Crippen LogP contribution in [-0.4, -0.2) is 53.7 Å². The van der Waals surface area contributed by atoms with Crippen molar-refractivity contribution in [1.82, 2.24) is 9.80 Å². The van der Waals surface area contributed by atoms with Crippen LogP contribution in [0.15, 0.2) is 18.2 Å². The molecule has 1 N–H and O–H groups in total. The third kappa shape index (κ3) is 3.13. The number of carbonyl (C=O) groups excluding carboxylic acids is 3. The predicted molar refractivity (Wildman–Crippen MR) is 90.7 cm³/mol. The van der Waals surface area contributed by atoms with Crippen LogP contribution in [0.25, 0.3) is 0 Å². The highest BCUT2D eigenvalue weighted by atomic mass is 16.2. The molecule has 24 heavy (non-hydrogen) atoms. The Morgan fingerprint density at radius 3 is 2.29 bits per heavy atom. The topological polar surface area (TPSA) is 69.7 Å². The van der Waals surface area contributed by atoms with Gasteiger partial charge in [-0.05, 0) is 23.8 Å². The first-order chi connectivity index (χ1) is 11.3. The number of hydrogen-bond donors (Lipinski definition) is 1. The summed E-state index contributed by atoms with van der Waals surface area (Å²) in [6, 6.07) is 5.33. The number of anilines is 1. The Hall–Kier alpha value is -2.37. The number of carbonyl (C=O) groups is 3. The van der Waals surface area contributed by atoms with Gasteiger partial charge in [0.15, 0.2) is 0 Å². The van der Waals surface area contributed by atoms with E-state index in [1.54, 1.807) is 23.1 Å². The zero-order valence-electron chi connectivity index (χ0n) is 14.4. The van der Waals surface area contributed by atoms with Crippen molar-refractivity contribution in [3.8, 4) is 0 Å². The maximum absolute atomic E-state index is 12.7. The lowest BCUT2D eigenvalue weighted by Crippen LogP contribution is -2.53. The average Bonchev–Trinajstić information content (AvgIpc) is 2.91. The van der Waals surface area contributed by atoms with Crippen LogP contribution in [0.3, 0.4) is 0 Å². The van der Waals surface area contributed by atoms with Crippen LogP contribution < -0.4 is 5.32 Å². The fraction of sp³-hybridized carbons (Fsp3) is 0.500. The van der Waals surface area contributed by atoms with Gasteiger partial charge >= 0.3 is 0 Å². The lowest BCUT2D eigenvalue weighted by molar-refractivity contribution is -0.140. The molecular formula is C18H23N3O3. The second-order valence-corrected chi connectivity index (χ2v) is 7.43. The van der Waals surface area contributed by atoms with Crippen LogP contribution in [0.5, 0.6) is 0 Å². The quantitative estimate of drug-likeness (QED) is 0.849. The molecule has 3 rings (SSSR count). The number of benzene rings is 1. The van der Waals surface area contributed by atoms with Gasteiger partial charge in [-0.15, -0.1) is 0 Å². The van der Waals surface area contributed by atoms with Crippen LogP contribution in [-0.2, 0) is 16.0 Å². The van der Waals surface area contributed by atoms with Gasteiger partial charge in [0.1, 0.15) is 0 Å². The Bertz CT molecular complexity index is 698. The summed E-state index contributed by atoms with van der Waals surface area (Å²) in [5.74, 6) is 0.0422. The minimum atomic E-state index is -0.397. The first kappa shape index (κ1) is 16.5. The average molecular weight is 329 g/mol. The maximum Gasteiger partial charge on any atom is 0.253 e. The van der Waals surface area contributed by atoms with E-state index in [0.717, 1.165) is 11.3 Å². The molecule has 1 aromatic rings. The summed E-state index contributed by atoms with van der Waals surface area (Å²) in [7, 11) is 0. The van der Waals surface area contributed by atoms with E-state index < -0.39 is 5.41 Å². The summed E-state index contributed by atoms with van der Waals surface area (Å²) in [5.41, 5.74) is 1.86. The van der Waals surface area contributed by atoms with Crippen molar-refractivity contribution in [1.29, 1.82) is 0 Å². The minimum absolute atomic E-state index is 0.0381. The molecule has 6 nitrogen and oxygen atoms in total. The maximum atomic E-state index is 12.7. The highest BCUT2D eigenvalue weighted by Gasteiger charge is 2.31. The van der Waals surface area contributed by atoms with Crippen molar-refractivity contribution in [3.05, 3.63) is 29.3 Å². The van der Waals surface area contributed by atoms with Gasteiger partial charge in [0.25, 0.3) is 5.91 Å². The zero-order chi connectivity index (χ0) is 17.5. The summed E-state index contributed by atoms with van der Waals surface area (Å²) in [5, 5.41) is 2.77. The molecule has 0 aliphatic carbocycles. The molecule has 2 aliphatic rings. The third-order valence-electron chi connectivity index (χ3n) is 4.47. The highest BCUT2D eigenvalue weighted by molar-refractivity contribution is 6.01. The van der Waals surface area contributed by atoms with Gasteiger partial charge in [-0.3, -0.25) is 14.4 Å². The number of nitrogens with one attached hydrogen (secondary N) is 1. The summed E-state index contributed by atoms with van der Waals surface area (Å²) in [6.45, 7) is 7.93. The van der Waals surface area contributed by atoms with E-state index in [-0.39, 0.29) is 17.7 Å². The highest BCUT2D eigenvalue weighted by Crippen LogP contribution is 2.25. The summed E-state index contributed by atoms with van der Waals surface area (Å²) >= 11 is 0. The molecule has 3 amide bonds. The predicted octanol–water partition coefficient (Wildman–Crippen LogP) is 1.51. The zero-order valence-corrected chi connectivity index (χ0v) is 14.4. The summed E-state index contributed by atoms with van der Waals surface area (Å²) in [6.07, 6.45) is 0.324. The van der Waals surface area contributed by atoms with Gasteiger partial charge in [-0.2, -0.15) is 0 Å². The number of hydrogen-bond acceptors (Lipinski definition) is 3. The minimum Gasteiger partial charge on any atom is -0.339 e. The molecule has 0 atom stereocenters. The number of rotatable bonds is 1. The molecule has 1 aromatic carbocycles. The number of nitrogens with zero attached hydrogens (tertiary/aromatic N) is 2. The van der Waals surface area contributed by atoms with Gasteiger partial charge in [0.2, 0.25) is 11.8 Å². The van der Waals surface area contributed by atoms with Crippen LogP contribution in [0.2, 0.25) is 0 Å². The Labute approximate surface area is 141 Å². The molecule has 2 heterocycles. The molecule has 128 valence electrons. The van der Waals surface area contributed by atoms with Crippen molar-refractivity contribution >= 4 is 23.4 Å². The molecule has 2 aliphatic heterocycles. The molecule has 0 bridgehead atoms. The van der Waals surface area contributed by atoms with Crippen LogP contribution in [0.4, 0.5) is 5.69 Å². The van der Waals surface area contributed by atoms with E-state index in [2.05, 4.69) is 5.32 Å². The second-order valence-electron chi connectivity index (χ2n) is 7.43. The van der Waals surface area contributed by atoms with Gasteiger partial charge in [-0.1, -0.05) is 20.8 Å². The largest absolute Gasteiger partial charge is 0.339 e. The van der Waals surface area contributed by atoms with Crippen molar-refractivity contribution in [2.24, 2.45) is 5.41 Å². The monoisotopic (exact) mass is 329 g/mol. The third-order valence-corrected chi connectivity index (χ3v) is 4.47. The fourth-order valence-corrected chi connectivity index (χ4v) is 3.13. The normalized spacial score (nSPS) is 17.5. The van der Waals surface area contributed by atoms with Crippen LogP contribution >= 0.6 is 0 Å². The fourth-order valence-electron chi connectivity index (χ4n) is 3.13. The van der Waals surface area contributed by atoms with Crippen molar-refractivity contribution < 1.29 is 14.4 Å². The van der Waals surface area contributed by atoms with E-state index >= 15 is 0 Å². The molecule has 0 radical (unpaired) electrons. The van der Waals surface area contributed by atoms with E-state index in [4.69, 9.17) is 0 Å². The standard InChI is InChI=1S/C18H23N3O3/c1-18(2,3)17(24)21-8-6-20(7-9-21)16(23)12-4-5-14-13(10-12)11-15(22)19-14/h4-5,10H,6-9,11H2,1-3H3,(H,19,22). The van der Waals surface area contributed by atoms with Gasteiger partial charge in [0, 0.05) is 42.8 Å². The molecule has 0 saturated carbocycles. The van der Waals surface area contributed by atoms with E-state index in [1.165, 1.54) is 0 Å². The first-order valence-corrected chi connectivity index (χ1v) is 8.27. The van der Waals surface area contributed by atoms with E-state index in [9.17, 15) is 14.4 Å². The molecule has 0 aromatic heterocycles. The SMILES string of the molecule is CC(C)(C)C(=O)N1CCN(C(=O)c2ccc3c(c2)CC(=O)N3)CC1. The lowest BCUT2D eigenvalue weighted by Gasteiger charge is -2.37. The van der Waals surface area contributed by atoms with Gasteiger partial charge < -0.3 is 15.1 Å². The first-order valence-electron chi connectivity index (χ1n) is 8.27. The van der Waals surface area contributed by atoms with Crippen molar-refractivity contribution in [3.63, 3.8) is 0 Å². The summed E-state index contributed by atoms with van der Waals surface area (Å²) < 4.78 is 0. The van der Waals surface area contributed by atoms with Gasteiger partial charge in [0.05, 0.1) is 6.42 Å². The second kappa shape index (κ2) is 5.92. The molecule has 0 spiro atoms. The Morgan fingerprint density at radius 1 is 1.04 bits per heavy atom. The molecule has 0 unspecified atom stereocenters. The van der Waals surface area contributed by atoms with E-state index in [1.807, 2.05) is 25.7 Å². The van der Waals surface area contributed by atoms with Gasteiger partial charge in [-0.25, -0.2) is 0 Å². The number of amides is 3. The smallest absolute Gasteiger partial charge is 0.253 e. The Balaban J connectivity index is 1.65. The van der Waals surface area contributed by atoms with Crippen molar-refractivity contribution in [2.45, 2.75) is 27.2 Å². The molecular weight excluding hydrogens is 306 g/mol. The lowest BCUT2D eigenvalue weighted by atomic mass is 9.94.